The van der Waals surface area contributed by atoms with Gasteiger partial charge in [0.1, 0.15) is 24.0 Å². The van der Waals surface area contributed by atoms with Gasteiger partial charge in [0, 0.05) is 11.1 Å². The molecular formula is C16H15F2NO2. The first-order valence-corrected chi connectivity index (χ1v) is 6.52. The second kappa shape index (κ2) is 6.83. The molecule has 5 heteroatoms. The molecule has 0 spiro atoms. The van der Waals surface area contributed by atoms with E-state index in [0.29, 0.717) is 23.4 Å². The molecular weight excluding hydrogens is 276 g/mol. The van der Waals surface area contributed by atoms with E-state index < -0.39 is 11.6 Å². The Bertz CT molecular complexity index is 656. The highest BCUT2D eigenvalue weighted by Gasteiger charge is 2.11. The van der Waals surface area contributed by atoms with Crippen molar-refractivity contribution in [2.75, 3.05) is 0 Å². The molecule has 2 aromatic carbocycles. The van der Waals surface area contributed by atoms with Gasteiger partial charge in [-0.3, -0.25) is 0 Å². The minimum absolute atomic E-state index is 0.108. The van der Waals surface area contributed by atoms with E-state index >= 15 is 0 Å². The van der Waals surface area contributed by atoms with Gasteiger partial charge in [0.15, 0.2) is 0 Å². The number of halogens is 2. The number of hydrogen-bond donors (Lipinski definition) is 1. The van der Waals surface area contributed by atoms with E-state index in [1.54, 1.807) is 24.3 Å². The third-order valence-electron chi connectivity index (χ3n) is 3.04. The summed E-state index contributed by atoms with van der Waals surface area (Å²) >= 11 is 0. The average Bonchev–Trinajstić information content (AvgIpc) is 2.50. The van der Waals surface area contributed by atoms with Gasteiger partial charge in [0.25, 0.3) is 0 Å². The maximum atomic E-state index is 13.6. The molecule has 0 radical (unpaired) electrons. The van der Waals surface area contributed by atoms with E-state index in [4.69, 9.17) is 9.94 Å². The molecule has 0 aliphatic heterocycles. The Hall–Kier alpha value is -2.43. The van der Waals surface area contributed by atoms with E-state index in [9.17, 15) is 8.78 Å². The predicted molar refractivity (Wildman–Crippen MR) is 75.7 cm³/mol. The van der Waals surface area contributed by atoms with Crippen LogP contribution in [0.15, 0.2) is 47.6 Å². The molecule has 0 atom stereocenters. The van der Waals surface area contributed by atoms with Gasteiger partial charge in [0.05, 0.1) is 5.71 Å². The summed E-state index contributed by atoms with van der Waals surface area (Å²) in [5, 5.41) is 12.2. The molecule has 3 nitrogen and oxygen atoms in total. The molecule has 110 valence electrons. The summed E-state index contributed by atoms with van der Waals surface area (Å²) in [4.78, 5) is 0. The Morgan fingerprint density at radius 3 is 2.67 bits per heavy atom. The van der Waals surface area contributed by atoms with E-state index in [1.165, 1.54) is 0 Å². The maximum Gasteiger partial charge on any atom is 0.130 e. The normalized spacial score (nSPS) is 11.5. The summed E-state index contributed by atoms with van der Waals surface area (Å²) in [6, 6.07) is 10.2. The number of nitrogens with zero attached hydrogens (tertiary/aromatic N) is 1. The summed E-state index contributed by atoms with van der Waals surface area (Å²) < 4.78 is 32.2. The highest BCUT2D eigenvalue weighted by molar-refractivity contribution is 6.02. The largest absolute Gasteiger partial charge is 0.488 e. The van der Waals surface area contributed by atoms with E-state index in [0.717, 1.165) is 18.2 Å². The molecule has 0 aromatic heterocycles. The third kappa shape index (κ3) is 3.56. The quantitative estimate of drug-likeness (QED) is 0.511. The van der Waals surface area contributed by atoms with Gasteiger partial charge in [0.2, 0.25) is 0 Å². The van der Waals surface area contributed by atoms with Crippen LogP contribution < -0.4 is 4.74 Å². The van der Waals surface area contributed by atoms with Gasteiger partial charge >= 0.3 is 0 Å². The van der Waals surface area contributed by atoms with Crippen molar-refractivity contribution >= 4 is 5.71 Å². The SMILES string of the molecule is CC/C(=N/O)c1ccccc1OCc1cc(F)ccc1F. The molecule has 0 heterocycles. The third-order valence-corrected chi connectivity index (χ3v) is 3.04. The second-order valence-electron chi connectivity index (χ2n) is 4.42. The number of para-hydroxylation sites is 1. The molecule has 21 heavy (non-hydrogen) atoms. The van der Waals surface area contributed by atoms with Gasteiger partial charge in [-0.15, -0.1) is 0 Å². The Kier molecular flexibility index (Phi) is 4.87. The lowest BCUT2D eigenvalue weighted by Crippen LogP contribution is -2.05. The van der Waals surface area contributed by atoms with Crippen LogP contribution in [0.1, 0.15) is 24.5 Å². The molecule has 0 saturated carbocycles. The van der Waals surface area contributed by atoms with Crippen LogP contribution in [-0.4, -0.2) is 10.9 Å². The van der Waals surface area contributed by atoms with Crippen LogP contribution in [-0.2, 0) is 6.61 Å². The Morgan fingerprint density at radius 1 is 1.19 bits per heavy atom. The minimum Gasteiger partial charge on any atom is -0.488 e. The van der Waals surface area contributed by atoms with Crippen LogP contribution >= 0.6 is 0 Å². The fourth-order valence-corrected chi connectivity index (χ4v) is 1.96. The zero-order valence-corrected chi connectivity index (χ0v) is 11.5. The molecule has 0 amide bonds. The lowest BCUT2D eigenvalue weighted by atomic mass is 10.1. The van der Waals surface area contributed by atoms with Gasteiger partial charge in [-0.05, 0) is 36.8 Å². The lowest BCUT2D eigenvalue weighted by Gasteiger charge is -2.12. The molecule has 2 rings (SSSR count). The Labute approximate surface area is 121 Å². The summed E-state index contributed by atoms with van der Waals surface area (Å²) in [6.45, 7) is 1.74. The molecule has 0 aliphatic rings. The zero-order valence-electron chi connectivity index (χ0n) is 11.5. The smallest absolute Gasteiger partial charge is 0.130 e. The molecule has 0 aliphatic carbocycles. The Balaban J connectivity index is 2.23. The van der Waals surface area contributed by atoms with Crippen molar-refractivity contribution in [3.05, 3.63) is 65.2 Å². The van der Waals surface area contributed by atoms with Crippen molar-refractivity contribution < 1.29 is 18.7 Å². The van der Waals surface area contributed by atoms with E-state index in [2.05, 4.69) is 5.16 Å². The fourth-order valence-electron chi connectivity index (χ4n) is 1.96. The molecule has 0 fully saturated rings. The predicted octanol–water partition coefficient (Wildman–Crippen LogP) is 4.13. The van der Waals surface area contributed by atoms with Gasteiger partial charge < -0.3 is 9.94 Å². The summed E-state index contributed by atoms with van der Waals surface area (Å²) in [5.41, 5.74) is 1.22. The first-order valence-electron chi connectivity index (χ1n) is 6.52. The highest BCUT2D eigenvalue weighted by atomic mass is 19.1. The van der Waals surface area contributed by atoms with Crippen LogP contribution in [0.5, 0.6) is 5.75 Å². The van der Waals surface area contributed by atoms with Crippen molar-refractivity contribution in [1.29, 1.82) is 0 Å². The zero-order chi connectivity index (χ0) is 15.2. The summed E-state index contributed by atoms with van der Waals surface area (Å²) in [5.74, 6) is -0.592. The van der Waals surface area contributed by atoms with Crippen molar-refractivity contribution in [2.24, 2.45) is 5.16 Å². The minimum atomic E-state index is -0.527. The topological polar surface area (TPSA) is 41.8 Å². The number of ether oxygens (including phenoxy) is 1. The van der Waals surface area contributed by atoms with Gasteiger partial charge in [-0.1, -0.05) is 24.2 Å². The number of hydrogen-bond acceptors (Lipinski definition) is 3. The van der Waals surface area contributed by atoms with Crippen molar-refractivity contribution in [3.63, 3.8) is 0 Å². The van der Waals surface area contributed by atoms with Crippen LogP contribution in [0.2, 0.25) is 0 Å². The van der Waals surface area contributed by atoms with Crippen molar-refractivity contribution in [2.45, 2.75) is 20.0 Å². The summed E-state index contributed by atoms with van der Waals surface area (Å²) in [7, 11) is 0. The molecule has 1 N–H and O–H groups in total. The summed E-state index contributed by atoms with van der Waals surface area (Å²) in [6.07, 6.45) is 0.519. The van der Waals surface area contributed by atoms with Crippen molar-refractivity contribution in [1.82, 2.24) is 0 Å². The van der Waals surface area contributed by atoms with E-state index in [-0.39, 0.29) is 12.2 Å². The first kappa shape index (κ1) is 15.0. The highest BCUT2D eigenvalue weighted by Crippen LogP contribution is 2.22. The van der Waals surface area contributed by atoms with Crippen LogP contribution in [0, 0.1) is 11.6 Å². The first-order chi connectivity index (χ1) is 10.2. The average molecular weight is 291 g/mol. The van der Waals surface area contributed by atoms with Crippen LogP contribution in [0.25, 0.3) is 0 Å². The second-order valence-corrected chi connectivity index (χ2v) is 4.42. The number of benzene rings is 2. The van der Waals surface area contributed by atoms with Crippen LogP contribution in [0.3, 0.4) is 0 Å². The lowest BCUT2D eigenvalue weighted by molar-refractivity contribution is 0.296. The molecule has 2 aromatic rings. The number of rotatable bonds is 5. The fraction of sp³-hybridized carbons (Fsp3) is 0.188. The van der Waals surface area contributed by atoms with Gasteiger partial charge in [-0.25, -0.2) is 8.78 Å². The Morgan fingerprint density at radius 2 is 1.95 bits per heavy atom. The number of oxime groups is 1. The van der Waals surface area contributed by atoms with E-state index in [1.807, 2.05) is 6.92 Å². The molecule has 0 unspecified atom stereocenters. The van der Waals surface area contributed by atoms with Crippen molar-refractivity contribution in [3.8, 4) is 5.75 Å². The monoisotopic (exact) mass is 291 g/mol. The standard InChI is InChI=1S/C16H15F2NO2/c1-2-15(19-20)13-5-3-4-6-16(13)21-10-11-9-12(17)7-8-14(11)18/h3-9,20H,2,10H2,1H3/b19-15-. The van der Waals surface area contributed by atoms with Gasteiger partial charge in [-0.2, -0.15) is 0 Å². The molecule has 0 bridgehead atoms. The maximum absolute atomic E-state index is 13.6. The molecule has 0 saturated heterocycles. The van der Waals surface area contributed by atoms with Crippen LogP contribution in [0.4, 0.5) is 8.78 Å².